The highest BCUT2D eigenvalue weighted by molar-refractivity contribution is 5.71. The molecular weight excluding hydrogens is 733 g/mol. The van der Waals surface area contributed by atoms with E-state index in [0.717, 1.165) is 57.8 Å². The number of hydrogen-bond donors (Lipinski definition) is 0. The number of carbonyl (C=O) groups excluding carboxylic acids is 3. The zero-order valence-electron chi connectivity index (χ0n) is 40.1. The molecule has 0 atom stereocenters. The first-order valence-electron chi connectivity index (χ1n) is 26.5. The number of ether oxygens (including phenoxy) is 3. The van der Waals surface area contributed by atoms with Gasteiger partial charge in [0, 0.05) is 19.3 Å². The van der Waals surface area contributed by atoms with Gasteiger partial charge in [0.1, 0.15) is 13.2 Å². The molecule has 0 rings (SSSR count). The van der Waals surface area contributed by atoms with Crippen molar-refractivity contribution in [3.8, 4) is 0 Å². The SMILES string of the molecule is CCCCCCCCCCCCCCCCC(=O)OCC(COC(=O)CCCCCCCCCCCCCCCC)OC(=O)CCCCCCCCCCCCCCC. The van der Waals surface area contributed by atoms with E-state index < -0.39 is 6.10 Å². The monoisotopic (exact) mass is 835 g/mol. The van der Waals surface area contributed by atoms with Crippen LogP contribution in [0.4, 0.5) is 0 Å². The maximum Gasteiger partial charge on any atom is 0.306 e. The standard InChI is InChI=1S/C53H102O6/c1-4-7-10-13-16-19-22-25-28-30-33-36-39-42-45-51(54)57-48-50(59-53(56)47-44-41-38-35-32-27-24-21-18-15-12-9-6-3)49-58-52(55)46-43-40-37-34-31-29-26-23-20-17-14-11-8-5-2/h50H,4-49H2,1-3H3. The molecule has 0 aliphatic heterocycles. The van der Waals surface area contributed by atoms with Crippen molar-refractivity contribution in [2.45, 2.75) is 309 Å². The van der Waals surface area contributed by atoms with Crippen molar-refractivity contribution in [1.29, 1.82) is 0 Å². The molecule has 0 fully saturated rings. The van der Waals surface area contributed by atoms with Crippen molar-refractivity contribution in [2.75, 3.05) is 13.2 Å². The molecule has 0 unspecified atom stereocenters. The van der Waals surface area contributed by atoms with Gasteiger partial charge in [-0.1, -0.05) is 265 Å². The molecule has 0 heterocycles. The lowest BCUT2D eigenvalue weighted by atomic mass is 10.0. The maximum atomic E-state index is 12.8. The summed E-state index contributed by atoms with van der Waals surface area (Å²) in [6.45, 7) is 6.69. The molecule has 0 radical (unpaired) electrons. The Hall–Kier alpha value is -1.59. The van der Waals surface area contributed by atoms with Crippen LogP contribution >= 0.6 is 0 Å². The Kier molecular flexibility index (Phi) is 47.7. The normalized spacial score (nSPS) is 11.4. The Bertz CT molecular complexity index is 826. The van der Waals surface area contributed by atoms with Gasteiger partial charge in [0.25, 0.3) is 0 Å². The molecule has 6 nitrogen and oxygen atoms in total. The van der Waals surface area contributed by atoms with E-state index in [-0.39, 0.29) is 31.1 Å². The molecule has 0 spiro atoms. The molecule has 6 heteroatoms. The summed E-state index contributed by atoms with van der Waals surface area (Å²) in [5, 5.41) is 0. The van der Waals surface area contributed by atoms with Crippen LogP contribution in [-0.4, -0.2) is 37.2 Å². The number of rotatable bonds is 49. The largest absolute Gasteiger partial charge is 0.462 e. The van der Waals surface area contributed by atoms with E-state index in [0.29, 0.717) is 19.3 Å². The van der Waals surface area contributed by atoms with Crippen molar-refractivity contribution in [1.82, 2.24) is 0 Å². The van der Waals surface area contributed by atoms with Crippen LogP contribution in [0.15, 0.2) is 0 Å². The van der Waals surface area contributed by atoms with Gasteiger partial charge in [-0.05, 0) is 19.3 Å². The summed E-state index contributed by atoms with van der Waals surface area (Å²) < 4.78 is 16.8. The topological polar surface area (TPSA) is 78.9 Å². The van der Waals surface area contributed by atoms with Crippen molar-refractivity contribution < 1.29 is 28.6 Å². The third-order valence-electron chi connectivity index (χ3n) is 12.1. The van der Waals surface area contributed by atoms with Crippen LogP contribution in [0.2, 0.25) is 0 Å². The average molecular weight is 835 g/mol. The van der Waals surface area contributed by atoms with Gasteiger partial charge in [0.05, 0.1) is 0 Å². The second-order valence-corrected chi connectivity index (χ2v) is 18.2. The fourth-order valence-electron chi connectivity index (χ4n) is 8.09. The van der Waals surface area contributed by atoms with Gasteiger partial charge in [0.15, 0.2) is 6.10 Å². The lowest BCUT2D eigenvalue weighted by molar-refractivity contribution is -0.167. The first-order chi connectivity index (χ1) is 29.0. The molecule has 0 bridgehead atoms. The summed E-state index contributed by atoms with van der Waals surface area (Å²) in [5.74, 6) is -0.838. The fraction of sp³-hybridized carbons (Fsp3) is 0.943. The summed E-state index contributed by atoms with van der Waals surface area (Å²) in [6, 6.07) is 0. The summed E-state index contributed by atoms with van der Waals surface area (Å²) >= 11 is 0. The van der Waals surface area contributed by atoms with E-state index in [1.807, 2.05) is 0 Å². The van der Waals surface area contributed by atoms with Crippen molar-refractivity contribution in [3.05, 3.63) is 0 Å². The molecule has 0 aliphatic rings. The number of carbonyl (C=O) groups is 3. The third-order valence-corrected chi connectivity index (χ3v) is 12.1. The van der Waals surface area contributed by atoms with Crippen LogP contribution in [0, 0.1) is 0 Å². The Morgan fingerprint density at radius 1 is 0.271 bits per heavy atom. The Labute approximate surface area is 368 Å². The first kappa shape index (κ1) is 57.4. The van der Waals surface area contributed by atoms with Crippen molar-refractivity contribution in [3.63, 3.8) is 0 Å². The highest BCUT2D eigenvalue weighted by atomic mass is 16.6. The summed E-state index contributed by atoms with van der Waals surface area (Å²) in [7, 11) is 0. The summed E-state index contributed by atoms with van der Waals surface area (Å²) in [6.07, 6.45) is 52.2. The molecule has 0 aromatic rings. The highest BCUT2D eigenvalue weighted by Crippen LogP contribution is 2.17. The fourth-order valence-corrected chi connectivity index (χ4v) is 8.09. The molecule has 0 aliphatic carbocycles. The number of unbranched alkanes of at least 4 members (excludes halogenated alkanes) is 38. The van der Waals surface area contributed by atoms with Gasteiger partial charge in [-0.3, -0.25) is 14.4 Å². The Morgan fingerprint density at radius 3 is 0.678 bits per heavy atom. The molecule has 0 aromatic carbocycles. The zero-order valence-corrected chi connectivity index (χ0v) is 40.1. The molecule has 0 aromatic heterocycles. The molecular formula is C53H102O6. The molecule has 0 saturated carbocycles. The predicted molar refractivity (Wildman–Crippen MR) is 252 cm³/mol. The molecule has 0 amide bonds. The lowest BCUT2D eigenvalue weighted by Gasteiger charge is -2.18. The van der Waals surface area contributed by atoms with Crippen LogP contribution in [0.3, 0.4) is 0 Å². The molecule has 0 saturated heterocycles. The minimum absolute atomic E-state index is 0.0616. The second-order valence-electron chi connectivity index (χ2n) is 18.2. The zero-order chi connectivity index (χ0) is 43.0. The van der Waals surface area contributed by atoms with E-state index in [9.17, 15) is 14.4 Å². The lowest BCUT2D eigenvalue weighted by Crippen LogP contribution is -2.30. The minimum Gasteiger partial charge on any atom is -0.462 e. The third kappa shape index (κ3) is 47.3. The number of hydrogen-bond acceptors (Lipinski definition) is 6. The van der Waals surface area contributed by atoms with Crippen LogP contribution in [0.25, 0.3) is 0 Å². The van der Waals surface area contributed by atoms with Crippen molar-refractivity contribution in [2.24, 2.45) is 0 Å². The van der Waals surface area contributed by atoms with E-state index in [4.69, 9.17) is 14.2 Å². The van der Waals surface area contributed by atoms with E-state index in [2.05, 4.69) is 20.8 Å². The highest BCUT2D eigenvalue weighted by Gasteiger charge is 2.19. The van der Waals surface area contributed by atoms with Crippen LogP contribution in [0.1, 0.15) is 303 Å². The van der Waals surface area contributed by atoms with Gasteiger partial charge < -0.3 is 14.2 Å². The molecule has 350 valence electrons. The van der Waals surface area contributed by atoms with Crippen LogP contribution in [0.5, 0.6) is 0 Å². The van der Waals surface area contributed by atoms with Gasteiger partial charge in [-0.25, -0.2) is 0 Å². The Balaban J connectivity index is 4.30. The van der Waals surface area contributed by atoms with Gasteiger partial charge in [-0.15, -0.1) is 0 Å². The summed E-state index contributed by atoms with van der Waals surface area (Å²) in [5.41, 5.74) is 0. The Morgan fingerprint density at radius 2 is 0.458 bits per heavy atom. The van der Waals surface area contributed by atoms with E-state index in [1.54, 1.807) is 0 Å². The predicted octanol–water partition coefficient (Wildman–Crippen LogP) is 17.2. The maximum absolute atomic E-state index is 12.8. The average Bonchev–Trinajstić information content (AvgIpc) is 3.23. The van der Waals surface area contributed by atoms with E-state index in [1.165, 1.54) is 205 Å². The summed E-state index contributed by atoms with van der Waals surface area (Å²) in [4.78, 5) is 38.0. The quantitative estimate of drug-likeness (QED) is 0.0345. The van der Waals surface area contributed by atoms with Gasteiger partial charge >= 0.3 is 17.9 Å². The van der Waals surface area contributed by atoms with Crippen LogP contribution < -0.4 is 0 Å². The molecule has 59 heavy (non-hydrogen) atoms. The van der Waals surface area contributed by atoms with E-state index >= 15 is 0 Å². The number of esters is 3. The van der Waals surface area contributed by atoms with Gasteiger partial charge in [0.2, 0.25) is 0 Å². The first-order valence-corrected chi connectivity index (χ1v) is 26.5. The van der Waals surface area contributed by atoms with Crippen molar-refractivity contribution >= 4 is 17.9 Å². The minimum atomic E-state index is -0.759. The van der Waals surface area contributed by atoms with Crippen LogP contribution in [-0.2, 0) is 28.6 Å². The molecule has 0 N–H and O–H groups in total. The smallest absolute Gasteiger partial charge is 0.306 e. The van der Waals surface area contributed by atoms with Gasteiger partial charge in [-0.2, -0.15) is 0 Å². The second kappa shape index (κ2) is 49.1.